The van der Waals surface area contributed by atoms with Gasteiger partial charge in [-0.15, -0.1) is 0 Å². The number of aryl methyl sites for hydroxylation is 1. The Bertz CT molecular complexity index is 400. The SMILES string of the molecule is CCNCc1cc(C)ccc1N(C)C1CCOCC1. The van der Waals surface area contributed by atoms with Crippen molar-refractivity contribution in [3.63, 3.8) is 0 Å². The number of nitrogens with one attached hydrogen (secondary N) is 1. The van der Waals surface area contributed by atoms with Crippen molar-refractivity contribution in [2.45, 2.75) is 39.3 Å². The van der Waals surface area contributed by atoms with E-state index in [2.05, 4.69) is 49.3 Å². The lowest BCUT2D eigenvalue weighted by Gasteiger charge is -2.34. The van der Waals surface area contributed by atoms with Crippen LogP contribution in [0.4, 0.5) is 5.69 Å². The van der Waals surface area contributed by atoms with Gasteiger partial charge >= 0.3 is 0 Å². The molecule has 0 radical (unpaired) electrons. The summed E-state index contributed by atoms with van der Waals surface area (Å²) >= 11 is 0. The van der Waals surface area contributed by atoms with Crippen LogP contribution in [0.5, 0.6) is 0 Å². The molecule has 1 saturated heterocycles. The van der Waals surface area contributed by atoms with Crippen LogP contribution in [0.3, 0.4) is 0 Å². The van der Waals surface area contributed by atoms with Crippen molar-refractivity contribution in [2.24, 2.45) is 0 Å². The number of benzene rings is 1. The van der Waals surface area contributed by atoms with Crippen molar-refractivity contribution >= 4 is 5.69 Å². The minimum Gasteiger partial charge on any atom is -0.381 e. The van der Waals surface area contributed by atoms with E-state index in [1.807, 2.05) is 0 Å². The van der Waals surface area contributed by atoms with Gasteiger partial charge in [-0.3, -0.25) is 0 Å². The molecule has 0 amide bonds. The molecule has 1 aliphatic heterocycles. The first-order valence-electron chi connectivity index (χ1n) is 7.33. The Morgan fingerprint density at radius 2 is 2.05 bits per heavy atom. The fourth-order valence-electron chi connectivity index (χ4n) is 2.73. The third-order valence-electron chi connectivity index (χ3n) is 3.92. The highest BCUT2D eigenvalue weighted by Crippen LogP contribution is 2.26. The summed E-state index contributed by atoms with van der Waals surface area (Å²) < 4.78 is 5.46. The maximum atomic E-state index is 5.46. The maximum Gasteiger partial charge on any atom is 0.0485 e. The second kappa shape index (κ2) is 6.92. The Labute approximate surface area is 116 Å². The van der Waals surface area contributed by atoms with E-state index in [0.717, 1.165) is 39.1 Å². The van der Waals surface area contributed by atoms with E-state index in [4.69, 9.17) is 4.74 Å². The molecular weight excluding hydrogens is 236 g/mol. The number of ether oxygens (including phenoxy) is 1. The number of nitrogens with zero attached hydrogens (tertiary/aromatic N) is 1. The molecule has 1 aliphatic rings. The standard InChI is InChI=1S/C16H26N2O/c1-4-17-12-14-11-13(2)5-6-16(14)18(3)15-7-9-19-10-8-15/h5-6,11,15,17H,4,7-10,12H2,1-3H3. The summed E-state index contributed by atoms with van der Waals surface area (Å²) in [6.45, 7) is 8.05. The van der Waals surface area contributed by atoms with E-state index in [0.29, 0.717) is 6.04 Å². The molecule has 3 heteroatoms. The minimum atomic E-state index is 0.608. The summed E-state index contributed by atoms with van der Waals surface area (Å²) in [6.07, 6.45) is 2.26. The predicted molar refractivity (Wildman–Crippen MR) is 80.8 cm³/mol. The Balaban J connectivity index is 2.16. The number of hydrogen-bond donors (Lipinski definition) is 1. The highest BCUT2D eigenvalue weighted by Gasteiger charge is 2.20. The lowest BCUT2D eigenvalue weighted by molar-refractivity contribution is 0.0854. The van der Waals surface area contributed by atoms with E-state index in [1.54, 1.807) is 0 Å². The van der Waals surface area contributed by atoms with Gasteiger partial charge in [-0.2, -0.15) is 0 Å². The number of anilines is 1. The fourth-order valence-corrected chi connectivity index (χ4v) is 2.73. The second-order valence-electron chi connectivity index (χ2n) is 5.37. The summed E-state index contributed by atoms with van der Waals surface area (Å²) in [4.78, 5) is 2.44. The summed E-state index contributed by atoms with van der Waals surface area (Å²) in [5, 5.41) is 3.44. The molecule has 0 spiro atoms. The third kappa shape index (κ3) is 3.71. The molecule has 19 heavy (non-hydrogen) atoms. The summed E-state index contributed by atoms with van der Waals surface area (Å²) in [7, 11) is 2.22. The molecule has 1 aromatic rings. The van der Waals surface area contributed by atoms with Crippen molar-refractivity contribution in [1.29, 1.82) is 0 Å². The normalized spacial score (nSPS) is 16.6. The van der Waals surface area contributed by atoms with Crippen LogP contribution in [-0.4, -0.2) is 32.8 Å². The van der Waals surface area contributed by atoms with Crippen LogP contribution < -0.4 is 10.2 Å². The van der Waals surface area contributed by atoms with Gasteiger partial charge in [0.2, 0.25) is 0 Å². The topological polar surface area (TPSA) is 24.5 Å². The second-order valence-corrected chi connectivity index (χ2v) is 5.37. The molecule has 0 aliphatic carbocycles. The third-order valence-corrected chi connectivity index (χ3v) is 3.92. The van der Waals surface area contributed by atoms with E-state index in [-0.39, 0.29) is 0 Å². The smallest absolute Gasteiger partial charge is 0.0485 e. The van der Waals surface area contributed by atoms with E-state index in [1.165, 1.54) is 16.8 Å². The summed E-state index contributed by atoms with van der Waals surface area (Å²) in [6, 6.07) is 7.38. The monoisotopic (exact) mass is 262 g/mol. The van der Waals surface area contributed by atoms with Crippen LogP contribution in [0.25, 0.3) is 0 Å². The molecule has 106 valence electrons. The van der Waals surface area contributed by atoms with Gasteiger partial charge in [0.15, 0.2) is 0 Å². The van der Waals surface area contributed by atoms with Crippen molar-refractivity contribution in [3.8, 4) is 0 Å². The molecule has 0 unspecified atom stereocenters. The highest BCUT2D eigenvalue weighted by molar-refractivity contribution is 5.55. The molecular formula is C16H26N2O. The van der Waals surface area contributed by atoms with Crippen molar-refractivity contribution < 1.29 is 4.74 Å². The average Bonchev–Trinajstić information content (AvgIpc) is 2.45. The first-order valence-corrected chi connectivity index (χ1v) is 7.33. The summed E-state index contributed by atoms with van der Waals surface area (Å²) in [5.41, 5.74) is 4.09. The fraction of sp³-hybridized carbons (Fsp3) is 0.625. The van der Waals surface area contributed by atoms with Gasteiger partial charge in [0.1, 0.15) is 0 Å². The molecule has 0 bridgehead atoms. The van der Waals surface area contributed by atoms with Crippen molar-refractivity contribution in [1.82, 2.24) is 5.32 Å². The molecule has 1 N–H and O–H groups in total. The largest absolute Gasteiger partial charge is 0.381 e. The number of hydrogen-bond acceptors (Lipinski definition) is 3. The zero-order chi connectivity index (χ0) is 13.7. The molecule has 0 aromatic heterocycles. The quantitative estimate of drug-likeness (QED) is 0.883. The lowest BCUT2D eigenvalue weighted by Crippen LogP contribution is -2.37. The Kier molecular flexibility index (Phi) is 5.23. The van der Waals surface area contributed by atoms with Crippen LogP contribution in [0.15, 0.2) is 18.2 Å². The molecule has 1 fully saturated rings. The molecule has 0 atom stereocenters. The van der Waals surface area contributed by atoms with Crippen LogP contribution in [0.2, 0.25) is 0 Å². The van der Waals surface area contributed by atoms with Crippen molar-refractivity contribution in [3.05, 3.63) is 29.3 Å². The van der Waals surface area contributed by atoms with E-state index in [9.17, 15) is 0 Å². The van der Waals surface area contributed by atoms with E-state index >= 15 is 0 Å². The predicted octanol–water partition coefficient (Wildman–Crippen LogP) is 2.72. The molecule has 1 heterocycles. The van der Waals surface area contributed by atoms with Crippen LogP contribution in [-0.2, 0) is 11.3 Å². The van der Waals surface area contributed by atoms with Gasteiger partial charge in [0.25, 0.3) is 0 Å². The van der Waals surface area contributed by atoms with Gasteiger partial charge in [-0.1, -0.05) is 24.6 Å². The van der Waals surface area contributed by atoms with Gasteiger partial charge in [-0.25, -0.2) is 0 Å². The Morgan fingerprint density at radius 3 is 2.74 bits per heavy atom. The highest BCUT2D eigenvalue weighted by atomic mass is 16.5. The average molecular weight is 262 g/mol. The first kappa shape index (κ1) is 14.4. The van der Waals surface area contributed by atoms with Crippen LogP contribution in [0.1, 0.15) is 30.9 Å². The Morgan fingerprint density at radius 1 is 1.32 bits per heavy atom. The molecule has 0 saturated carbocycles. The van der Waals surface area contributed by atoms with Gasteiger partial charge in [0.05, 0.1) is 0 Å². The summed E-state index contributed by atoms with van der Waals surface area (Å²) in [5.74, 6) is 0. The van der Waals surface area contributed by atoms with Crippen molar-refractivity contribution in [2.75, 3.05) is 31.7 Å². The zero-order valence-electron chi connectivity index (χ0n) is 12.4. The molecule has 2 rings (SSSR count). The first-order chi connectivity index (χ1) is 9.22. The Hall–Kier alpha value is -1.06. The minimum absolute atomic E-state index is 0.608. The lowest BCUT2D eigenvalue weighted by atomic mass is 10.0. The molecule has 1 aromatic carbocycles. The van der Waals surface area contributed by atoms with Gasteiger partial charge in [0, 0.05) is 38.5 Å². The van der Waals surface area contributed by atoms with Gasteiger partial charge < -0.3 is 15.0 Å². The number of rotatable bonds is 5. The zero-order valence-corrected chi connectivity index (χ0v) is 12.4. The van der Waals surface area contributed by atoms with Gasteiger partial charge in [-0.05, 0) is 37.9 Å². The van der Waals surface area contributed by atoms with Crippen LogP contribution >= 0.6 is 0 Å². The maximum absolute atomic E-state index is 5.46. The molecule has 3 nitrogen and oxygen atoms in total. The van der Waals surface area contributed by atoms with E-state index < -0.39 is 0 Å². The van der Waals surface area contributed by atoms with Crippen LogP contribution in [0, 0.1) is 6.92 Å².